The number of aromatic amines is 1. The van der Waals surface area contributed by atoms with E-state index in [2.05, 4.69) is 26.1 Å². The van der Waals surface area contributed by atoms with Crippen LogP contribution in [0.2, 0.25) is 0 Å². The molecule has 1 aliphatic heterocycles. The maximum Gasteiger partial charge on any atom is 0.239 e. The summed E-state index contributed by atoms with van der Waals surface area (Å²) in [7, 11) is 0. The summed E-state index contributed by atoms with van der Waals surface area (Å²) in [5, 5.41) is 2.92. The molecule has 8 heteroatoms. The van der Waals surface area contributed by atoms with Crippen LogP contribution in [0.1, 0.15) is 17.3 Å². The van der Waals surface area contributed by atoms with Crippen LogP contribution in [0.5, 0.6) is 0 Å². The van der Waals surface area contributed by atoms with Crippen LogP contribution >= 0.6 is 0 Å². The number of carbonyl (C=O) groups is 1. The minimum Gasteiger partial charge on any atom is -0.354 e. The maximum atomic E-state index is 13.3. The van der Waals surface area contributed by atoms with Crippen molar-refractivity contribution in [2.45, 2.75) is 24.5 Å². The molecule has 0 aliphatic carbocycles. The van der Waals surface area contributed by atoms with Gasteiger partial charge in [-0.25, -0.2) is 20.2 Å². The van der Waals surface area contributed by atoms with Crippen LogP contribution in [-0.4, -0.2) is 34.6 Å². The van der Waals surface area contributed by atoms with Crippen LogP contribution in [0.3, 0.4) is 0 Å². The lowest BCUT2D eigenvalue weighted by Crippen LogP contribution is -2.45. The second-order valence-electron chi connectivity index (χ2n) is 6.61. The van der Waals surface area contributed by atoms with Crippen molar-refractivity contribution in [2.24, 2.45) is 5.73 Å². The predicted octanol–water partition coefficient (Wildman–Crippen LogP) is 0.906. The number of nitrogens with one attached hydrogen (secondary N) is 4. The zero-order valence-electron chi connectivity index (χ0n) is 14.6. The van der Waals surface area contributed by atoms with Crippen LogP contribution in [-0.2, 0) is 11.2 Å². The number of halogens is 1. The first-order valence-corrected chi connectivity index (χ1v) is 8.85. The van der Waals surface area contributed by atoms with Crippen LogP contribution in [0, 0.1) is 5.82 Å². The molecule has 1 aliphatic rings. The van der Waals surface area contributed by atoms with Crippen molar-refractivity contribution in [3.8, 4) is 0 Å². The van der Waals surface area contributed by atoms with Gasteiger partial charge in [0, 0.05) is 18.9 Å². The van der Waals surface area contributed by atoms with Gasteiger partial charge in [0.15, 0.2) is 0 Å². The molecule has 3 unspecified atom stereocenters. The SMILES string of the molecule is NC1NNC(C(=O)NCCc2nc3ccc(F)cc3[nH]2)C1c1ccccc1. The van der Waals surface area contributed by atoms with Gasteiger partial charge in [0.05, 0.1) is 17.2 Å². The summed E-state index contributed by atoms with van der Waals surface area (Å²) in [5.74, 6) is 0.0886. The molecule has 27 heavy (non-hydrogen) atoms. The quantitative estimate of drug-likeness (QED) is 0.460. The molecule has 6 N–H and O–H groups in total. The minimum atomic E-state index is -0.466. The molecule has 0 spiro atoms. The monoisotopic (exact) mass is 368 g/mol. The Hall–Kier alpha value is -2.81. The van der Waals surface area contributed by atoms with E-state index in [1.807, 2.05) is 30.3 Å². The molecule has 0 bridgehead atoms. The number of hydrogen-bond acceptors (Lipinski definition) is 5. The van der Waals surface area contributed by atoms with E-state index < -0.39 is 6.04 Å². The molecule has 1 aromatic heterocycles. The van der Waals surface area contributed by atoms with Crippen LogP contribution in [0.25, 0.3) is 11.0 Å². The number of aromatic nitrogens is 2. The Bertz CT molecular complexity index is 944. The molecule has 1 fully saturated rings. The van der Waals surface area contributed by atoms with Gasteiger partial charge in [-0.2, -0.15) is 0 Å². The van der Waals surface area contributed by atoms with Crippen molar-refractivity contribution in [3.63, 3.8) is 0 Å². The second kappa shape index (κ2) is 7.43. The van der Waals surface area contributed by atoms with Gasteiger partial charge in [-0.05, 0) is 23.8 Å². The van der Waals surface area contributed by atoms with E-state index in [1.54, 1.807) is 6.07 Å². The molecule has 3 aromatic rings. The number of nitrogens with two attached hydrogens (primary N) is 1. The average Bonchev–Trinajstić information content (AvgIpc) is 3.25. The molecule has 1 amide bonds. The topological polar surface area (TPSA) is 108 Å². The van der Waals surface area contributed by atoms with E-state index in [1.165, 1.54) is 12.1 Å². The maximum absolute atomic E-state index is 13.3. The standard InChI is InChI=1S/C19H21FN6O/c20-12-6-7-13-14(10-12)24-15(23-13)8-9-22-19(27)17-16(18(21)26-25-17)11-4-2-1-3-5-11/h1-7,10,16-18,25-26H,8-9,21H2,(H,22,27)(H,23,24). The first-order valence-electron chi connectivity index (χ1n) is 8.85. The van der Waals surface area contributed by atoms with Crippen molar-refractivity contribution in [2.75, 3.05) is 6.54 Å². The van der Waals surface area contributed by atoms with Crippen molar-refractivity contribution < 1.29 is 9.18 Å². The van der Waals surface area contributed by atoms with Gasteiger partial charge in [0.1, 0.15) is 17.7 Å². The van der Waals surface area contributed by atoms with Gasteiger partial charge in [-0.15, -0.1) is 0 Å². The molecule has 140 valence electrons. The van der Waals surface area contributed by atoms with E-state index in [0.29, 0.717) is 29.8 Å². The molecule has 4 rings (SSSR count). The lowest BCUT2D eigenvalue weighted by molar-refractivity contribution is -0.123. The Morgan fingerprint density at radius 3 is 2.81 bits per heavy atom. The normalized spacial score (nSPS) is 22.2. The fraction of sp³-hybridized carbons (Fsp3) is 0.263. The van der Waals surface area contributed by atoms with Gasteiger partial charge in [0.25, 0.3) is 0 Å². The first kappa shape index (κ1) is 17.6. The fourth-order valence-electron chi connectivity index (χ4n) is 3.44. The molecule has 0 radical (unpaired) electrons. The van der Waals surface area contributed by atoms with Gasteiger partial charge in [-0.1, -0.05) is 30.3 Å². The van der Waals surface area contributed by atoms with E-state index in [4.69, 9.17) is 5.73 Å². The summed E-state index contributed by atoms with van der Waals surface area (Å²) in [5.41, 5.74) is 14.4. The Morgan fingerprint density at radius 1 is 1.19 bits per heavy atom. The molecule has 1 saturated heterocycles. The number of hydrogen-bond donors (Lipinski definition) is 5. The van der Waals surface area contributed by atoms with E-state index in [9.17, 15) is 9.18 Å². The van der Waals surface area contributed by atoms with Gasteiger partial charge >= 0.3 is 0 Å². The summed E-state index contributed by atoms with van der Waals surface area (Å²) in [4.78, 5) is 20.1. The van der Waals surface area contributed by atoms with Gasteiger partial charge in [-0.3, -0.25) is 4.79 Å². The highest BCUT2D eigenvalue weighted by atomic mass is 19.1. The summed E-state index contributed by atoms with van der Waals surface area (Å²) in [6.07, 6.45) is 0.165. The second-order valence-corrected chi connectivity index (χ2v) is 6.61. The number of benzene rings is 2. The summed E-state index contributed by atoms with van der Waals surface area (Å²) in [6.45, 7) is 0.413. The summed E-state index contributed by atoms with van der Waals surface area (Å²) < 4.78 is 13.3. The Morgan fingerprint density at radius 2 is 2.00 bits per heavy atom. The highest BCUT2D eigenvalue weighted by molar-refractivity contribution is 5.83. The van der Waals surface area contributed by atoms with Crippen molar-refractivity contribution in [1.82, 2.24) is 26.1 Å². The van der Waals surface area contributed by atoms with E-state index in [0.717, 1.165) is 5.56 Å². The average molecular weight is 368 g/mol. The summed E-state index contributed by atoms with van der Waals surface area (Å²) >= 11 is 0. The summed E-state index contributed by atoms with van der Waals surface area (Å²) in [6, 6.07) is 13.7. The number of H-pyrrole nitrogens is 1. The zero-order valence-corrected chi connectivity index (χ0v) is 14.6. The Kier molecular flexibility index (Phi) is 4.85. The number of amides is 1. The van der Waals surface area contributed by atoms with Crippen LogP contribution < -0.4 is 21.9 Å². The third-order valence-corrected chi connectivity index (χ3v) is 4.77. The minimum absolute atomic E-state index is 0.133. The third-order valence-electron chi connectivity index (χ3n) is 4.77. The number of hydrazine groups is 1. The largest absolute Gasteiger partial charge is 0.354 e. The van der Waals surface area contributed by atoms with E-state index >= 15 is 0 Å². The lowest BCUT2D eigenvalue weighted by atomic mass is 9.90. The van der Waals surface area contributed by atoms with E-state index in [-0.39, 0.29) is 23.8 Å². The smallest absolute Gasteiger partial charge is 0.239 e. The Labute approximate surface area is 155 Å². The molecule has 7 nitrogen and oxygen atoms in total. The molecular formula is C19H21FN6O. The predicted molar refractivity (Wildman–Crippen MR) is 100.0 cm³/mol. The van der Waals surface area contributed by atoms with Crippen molar-refractivity contribution >= 4 is 16.9 Å². The Balaban J connectivity index is 1.38. The highest BCUT2D eigenvalue weighted by Crippen LogP contribution is 2.25. The van der Waals surface area contributed by atoms with Gasteiger partial charge < -0.3 is 16.0 Å². The first-order chi connectivity index (χ1) is 13.1. The number of imidazole rings is 1. The third kappa shape index (κ3) is 3.68. The molecule has 3 atom stereocenters. The molecule has 2 heterocycles. The van der Waals surface area contributed by atoms with Crippen molar-refractivity contribution in [3.05, 3.63) is 65.7 Å². The lowest BCUT2D eigenvalue weighted by Gasteiger charge is -2.20. The molecule has 2 aromatic carbocycles. The van der Waals surface area contributed by atoms with Crippen molar-refractivity contribution in [1.29, 1.82) is 0 Å². The zero-order chi connectivity index (χ0) is 18.8. The molecular weight excluding hydrogens is 347 g/mol. The fourth-order valence-corrected chi connectivity index (χ4v) is 3.44. The van der Waals surface area contributed by atoms with Crippen LogP contribution in [0.15, 0.2) is 48.5 Å². The highest BCUT2D eigenvalue weighted by Gasteiger charge is 2.39. The number of nitrogens with zero attached hydrogens (tertiary/aromatic N) is 1. The van der Waals surface area contributed by atoms with Crippen LogP contribution in [0.4, 0.5) is 4.39 Å². The number of fused-ring (bicyclic) bond motifs is 1. The van der Waals surface area contributed by atoms with Gasteiger partial charge in [0.2, 0.25) is 5.91 Å². The number of rotatable bonds is 5. The molecule has 0 saturated carbocycles. The number of carbonyl (C=O) groups excluding carboxylic acids is 1.